The number of nitrogens with zero attached hydrogens (tertiary/aromatic N) is 3. The molecule has 0 fully saturated rings. The largest absolute Gasteiger partial charge is 0.479 e. The lowest BCUT2D eigenvalue weighted by Crippen LogP contribution is -2.45. The average Bonchev–Trinajstić information content (AvgIpc) is 3.27. The molecule has 36 heavy (non-hydrogen) atoms. The van der Waals surface area contributed by atoms with Crippen LogP contribution in [0.1, 0.15) is 18.9 Å². The molecule has 1 aliphatic rings. The molecule has 1 aromatic heterocycles. The van der Waals surface area contributed by atoms with Crippen molar-refractivity contribution in [1.29, 1.82) is 0 Å². The Morgan fingerprint density at radius 2 is 1.75 bits per heavy atom. The molecule has 0 bridgehead atoms. The molecule has 4 aromatic rings. The summed E-state index contributed by atoms with van der Waals surface area (Å²) in [4.78, 5) is 32.0. The molecule has 0 radical (unpaired) electrons. The summed E-state index contributed by atoms with van der Waals surface area (Å²) in [5.41, 5.74) is 2.92. The lowest BCUT2D eigenvalue weighted by Gasteiger charge is -2.32. The topological polar surface area (TPSA) is 76.5 Å². The van der Waals surface area contributed by atoms with Gasteiger partial charge in [0.05, 0.1) is 18.6 Å². The van der Waals surface area contributed by atoms with Crippen molar-refractivity contribution in [2.75, 3.05) is 16.8 Å². The molecule has 0 saturated heterocycles. The van der Waals surface area contributed by atoms with Crippen LogP contribution in [0.4, 0.5) is 15.9 Å². The number of halogens is 1. The first-order chi connectivity index (χ1) is 17.5. The van der Waals surface area contributed by atoms with Gasteiger partial charge in [-0.2, -0.15) is 0 Å². The zero-order valence-corrected chi connectivity index (χ0v) is 19.7. The molecule has 2 amide bonds. The number of para-hydroxylation sites is 2. The molecule has 182 valence electrons. The molecule has 1 N–H and O–H groups in total. The highest BCUT2D eigenvalue weighted by molar-refractivity contribution is 6.01. The van der Waals surface area contributed by atoms with Crippen LogP contribution >= 0.6 is 0 Å². The number of carbonyl (C=O) groups is 2. The normalized spacial score (nSPS) is 14.8. The second-order valence-electron chi connectivity index (χ2n) is 8.58. The fourth-order valence-electron chi connectivity index (χ4n) is 4.23. The van der Waals surface area contributed by atoms with E-state index in [1.807, 2.05) is 53.1 Å². The van der Waals surface area contributed by atoms with Crippen molar-refractivity contribution in [3.8, 4) is 17.0 Å². The molecule has 0 spiro atoms. The van der Waals surface area contributed by atoms with Gasteiger partial charge >= 0.3 is 0 Å². The van der Waals surface area contributed by atoms with E-state index >= 15 is 0 Å². The van der Waals surface area contributed by atoms with E-state index in [0.717, 1.165) is 5.56 Å². The van der Waals surface area contributed by atoms with Gasteiger partial charge in [-0.15, -0.1) is 0 Å². The molecule has 2 heterocycles. The Balaban J connectivity index is 1.38. The number of benzene rings is 3. The minimum atomic E-state index is -0.625. The van der Waals surface area contributed by atoms with Crippen molar-refractivity contribution in [3.05, 3.63) is 96.6 Å². The Kier molecular flexibility index (Phi) is 6.49. The van der Waals surface area contributed by atoms with Gasteiger partial charge in [0, 0.05) is 18.5 Å². The summed E-state index contributed by atoms with van der Waals surface area (Å²) in [5.74, 6) is 0.319. The Hall–Kier alpha value is -4.46. The predicted octanol–water partition coefficient (Wildman–Crippen LogP) is 4.88. The van der Waals surface area contributed by atoms with Gasteiger partial charge in [-0.3, -0.25) is 9.59 Å². The molecule has 0 aliphatic carbocycles. The van der Waals surface area contributed by atoms with E-state index in [2.05, 4.69) is 10.3 Å². The molecule has 8 heteroatoms. The van der Waals surface area contributed by atoms with Gasteiger partial charge < -0.3 is 19.5 Å². The second-order valence-corrected chi connectivity index (χ2v) is 8.58. The van der Waals surface area contributed by atoms with Gasteiger partial charge in [0.2, 0.25) is 5.91 Å². The van der Waals surface area contributed by atoms with Crippen LogP contribution < -0.4 is 15.0 Å². The molecule has 0 saturated carbocycles. The Morgan fingerprint density at radius 1 is 1.03 bits per heavy atom. The number of anilines is 2. The third-order valence-corrected chi connectivity index (χ3v) is 6.05. The van der Waals surface area contributed by atoms with E-state index in [9.17, 15) is 14.0 Å². The Bertz CT molecular complexity index is 1390. The first-order valence-corrected chi connectivity index (χ1v) is 11.7. The number of amides is 2. The fraction of sp³-hybridized carbons (Fsp3) is 0.179. The summed E-state index contributed by atoms with van der Waals surface area (Å²) >= 11 is 0. The first kappa shape index (κ1) is 23.3. The molecular formula is C28H25FN4O3. The predicted molar refractivity (Wildman–Crippen MR) is 135 cm³/mol. The minimum Gasteiger partial charge on any atom is -0.479 e. The number of fused-ring (bicyclic) bond motifs is 1. The summed E-state index contributed by atoms with van der Waals surface area (Å²) in [6.07, 6.45) is 1.11. The number of aromatic nitrogens is 2. The number of hydrogen-bond acceptors (Lipinski definition) is 4. The van der Waals surface area contributed by atoms with E-state index in [1.165, 1.54) is 12.1 Å². The van der Waals surface area contributed by atoms with Gasteiger partial charge in [0.1, 0.15) is 23.1 Å². The molecule has 1 atom stereocenters. The smallest absolute Gasteiger partial charge is 0.267 e. The van der Waals surface area contributed by atoms with Crippen molar-refractivity contribution in [2.24, 2.45) is 0 Å². The summed E-state index contributed by atoms with van der Waals surface area (Å²) in [6.45, 7) is 2.40. The Morgan fingerprint density at radius 3 is 2.53 bits per heavy atom. The van der Waals surface area contributed by atoms with Crippen molar-refractivity contribution in [2.45, 2.75) is 26.0 Å². The molecule has 3 aromatic carbocycles. The summed E-state index contributed by atoms with van der Waals surface area (Å²) in [5, 5.41) is 2.98. The standard InChI is InChI=1S/C28H25FN4O3/c1-19-28(35)33(23-9-5-6-10-24(23)36-19)16-15-25(34)31-27-26(21-11-13-22(29)14-12-21)30-18-32(27)17-20-7-3-2-4-8-20/h2-14,18-19H,15-17H2,1H3,(H,31,34). The summed E-state index contributed by atoms with van der Waals surface area (Å²) in [6, 6.07) is 23.1. The minimum absolute atomic E-state index is 0.0756. The summed E-state index contributed by atoms with van der Waals surface area (Å²) < 4.78 is 21.0. The highest BCUT2D eigenvalue weighted by Gasteiger charge is 2.31. The van der Waals surface area contributed by atoms with Crippen molar-refractivity contribution in [1.82, 2.24) is 9.55 Å². The zero-order valence-electron chi connectivity index (χ0n) is 19.7. The first-order valence-electron chi connectivity index (χ1n) is 11.7. The van der Waals surface area contributed by atoms with Crippen molar-refractivity contribution < 1.29 is 18.7 Å². The van der Waals surface area contributed by atoms with Gasteiger partial charge in [-0.05, 0) is 48.9 Å². The van der Waals surface area contributed by atoms with Crippen LogP contribution in [-0.4, -0.2) is 34.0 Å². The lowest BCUT2D eigenvalue weighted by molar-refractivity contribution is -0.125. The van der Waals surface area contributed by atoms with Gasteiger partial charge in [-0.1, -0.05) is 42.5 Å². The van der Waals surface area contributed by atoms with Gasteiger partial charge in [0.25, 0.3) is 5.91 Å². The summed E-state index contributed by atoms with van der Waals surface area (Å²) in [7, 11) is 0. The van der Waals surface area contributed by atoms with Crippen LogP contribution in [0, 0.1) is 5.82 Å². The zero-order chi connectivity index (χ0) is 25.1. The maximum Gasteiger partial charge on any atom is 0.267 e. The Labute approximate surface area is 208 Å². The molecule has 1 aliphatic heterocycles. The lowest BCUT2D eigenvalue weighted by atomic mass is 10.1. The molecule has 5 rings (SSSR count). The van der Waals surface area contributed by atoms with E-state index in [1.54, 1.807) is 36.4 Å². The quantitative estimate of drug-likeness (QED) is 0.406. The third-order valence-electron chi connectivity index (χ3n) is 6.05. The number of hydrogen-bond donors (Lipinski definition) is 1. The second kappa shape index (κ2) is 10.0. The number of imidazole rings is 1. The van der Waals surface area contributed by atoms with Gasteiger partial charge in [0.15, 0.2) is 6.10 Å². The van der Waals surface area contributed by atoms with E-state index in [-0.39, 0.29) is 30.6 Å². The SMILES string of the molecule is CC1Oc2ccccc2N(CCC(=O)Nc2c(-c3ccc(F)cc3)ncn2Cc2ccccc2)C1=O. The number of ether oxygens (including phenoxy) is 1. The molecule has 7 nitrogen and oxygen atoms in total. The third kappa shape index (κ3) is 4.84. The number of rotatable bonds is 7. The highest BCUT2D eigenvalue weighted by atomic mass is 19.1. The monoisotopic (exact) mass is 484 g/mol. The van der Waals surface area contributed by atoms with E-state index in [0.29, 0.717) is 35.1 Å². The van der Waals surface area contributed by atoms with E-state index < -0.39 is 6.10 Å². The van der Waals surface area contributed by atoms with Gasteiger partial charge in [-0.25, -0.2) is 9.37 Å². The van der Waals surface area contributed by atoms with Crippen LogP contribution in [0.2, 0.25) is 0 Å². The van der Waals surface area contributed by atoms with Crippen LogP contribution in [0.3, 0.4) is 0 Å². The fourth-order valence-corrected chi connectivity index (χ4v) is 4.23. The highest BCUT2D eigenvalue weighted by Crippen LogP contribution is 2.34. The maximum atomic E-state index is 13.5. The van der Waals surface area contributed by atoms with Crippen LogP contribution in [0.25, 0.3) is 11.3 Å². The van der Waals surface area contributed by atoms with Crippen molar-refractivity contribution >= 4 is 23.3 Å². The average molecular weight is 485 g/mol. The van der Waals surface area contributed by atoms with Crippen LogP contribution in [0.5, 0.6) is 5.75 Å². The maximum absolute atomic E-state index is 13.5. The van der Waals surface area contributed by atoms with Crippen LogP contribution in [-0.2, 0) is 16.1 Å². The van der Waals surface area contributed by atoms with Crippen molar-refractivity contribution in [3.63, 3.8) is 0 Å². The molecule has 1 unspecified atom stereocenters. The number of carbonyl (C=O) groups excluding carboxylic acids is 2. The van der Waals surface area contributed by atoms with E-state index in [4.69, 9.17) is 4.74 Å². The van der Waals surface area contributed by atoms with Crippen LogP contribution in [0.15, 0.2) is 85.2 Å². The molecular weight excluding hydrogens is 459 g/mol. The number of nitrogens with one attached hydrogen (secondary N) is 1.